The third kappa shape index (κ3) is 3.39. The van der Waals surface area contributed by atoms with Gasteiger partial charge in [-0.25, -0.2) is 13.6 Å². The fourth-order valence-corrected chi connectivity index (χ4v) is 2.59. The van der Waals surface area contributed by atoms with Crippen LogP contribution in [-0.2, 0) is 11.2 Å². The van der Waals surface area contributed by atoms with Gasteiger partial charge in [0.05, 0.1) is 5.56 Å². The van der Waals surface area contributed by atoms with Crippen LogP contribution in [0.25, 0.3) is 10.9 Å². The summed E-state index contributed by atoms with van der Waals surface area (Å²) in [4.78, 5) is 15.3. The first-order valence-electron chi connectivity index (χ1n) is 7.25. The van der Waals surface area contributed by atoms with Crippen molar-refractivity contribution in [3.05, 3.63) is 71.4 Å². The predicted molar refractivity (Wildman–Crippen MR) is 83.2 cm³/mol. The number of aromatic nitrogens is 1. The number of carbonyl (C=O) groups is 1. The molecule has 0 amide bonds. The van der Waals surface area contributed by atoms with E-state index in [0.29, 0.717) is 11.1 Å². The van der Waals surface area contributed by atoms with Gasteiger partial charge in [-0.1, -0.05) is 18.2 Å². The predicted octanol–water partition coefficient (Wildman–Crippen LogP) is 4.23. The van der Waals surface area contributed by atoms with Gasteiger partial charge in [-0.05, 0) is 30.7 Å². The Labute approximate surface area is 131 Å². The maximum atomic E-state index is 13.2. The van der Waals surface area contributed by atoms with Gasteiger partial charge in [-0.15, -0.1) is 0 Å². The van der Waals surface area contributed by atoms with E-state index >= 15 is 0 Å². The first kappa shape index (κ1) is 15.2. The molecule has 3 rings (SSSR count). The van der Waals surface area contributed by atoms with Crippen molar-refractivity contribution in [2.75, 3.05) is 0 Å². The van der Waals surface area contributed by atoms with Gasteiger partial charge in [0.25, 0.3) is 0 Å². The van der Waals surface area contributed by atoms with Crippen molar-refractivity contribution in [1.82, 2.24) is 4.98 Å². The van der Waals surface area contributed by atoms with Crippen LogP contribution in [0.4, 0.5) is 8.78 Å². The minimum atomic E-state index is -0.643. The average Bonchev–Trinajstić information content (AvgIpc) is 2.89. The lowest BCUT2D eigenvalue weighted by atomic mass is 10.1. The summed E-state index contributed by atoms with van der Waals surface area (Å²) in [6.07, 6.45) is 1.34. The molecule has 0 aliphatic rings. The standard InChI is InChI=1S/C18H15F2NO2/c1-11(6-12-7-13(19)9-14(20)8-12)23-18(22)16-10-21-17-5-3-2-4-15(16)17/h2-5,7-11,21H,6H2,1H3/t11-/m1/s1. The molecule has 0 bridgehead atoms. The van der Waals surface area contributed by atoms with Gasteiger partial charge in [-0.2, -0.15) is 0 Å². The van der Waals surface area contributed by atoms with Crippen LogP contribution in [0.3, 0.4) is 0 Å². The summed E-state index contributed by atoms with van der Waals surface area (Å²) in [5.41, 5.74) is 1.74. The van der Waals surface area contributed by atoms with Crippen molar-refractivity contribution in [2.24, 2.45) is 0 Å². The molecule has 0 saturated heterocycles. The molecule has 0 unspecified atom stereocenters. The smallest absolute Gasteiger partial charge is 0.340 e. The quantitative estimate of drug-likeness (QED) is 0.732. The van der Waals surface area contributed by atoms with E-state index in [1.807, 2.05) is 24.3 Å². The van der Waals surface area contributed by atoms with E-state index in [9.17, 15) is 13.6 Å². The number of carbonyl (C=O) groups excluding carboxylic acids is 1. The zero-order chi connectivity index (χ0) is 16.4. The van der Waals surface area contributed by atoms with Crippen LogP contribution < -0.4 is 0 Å². The molecule has 3 aromatic rings. The number of benzene rings is 2. The van der Waals surface area contributed by atoms with Crippen LogP contribution in [0.5, 0.6) is 0 Å². The van der Waals surface area contributed by atoms with Gasteiger partial charge < -0.3 is 9.72 Å². The molecule has 0 radical (unpaired) electrons. The molecule has 0 fully saturated rings. The number of para-hydroxylation sites is 1. The highest BCUT2D eigenvalue weighted by Gasteiger charge is 2.17. The monoisotopic (exact) mass is 315 g/mol. The molecule has 1 N–H and O–H groups in total. The molecule has 0 spiro atoms. The zero-order valence-electron chi connectivity index (χ0n) is 12.5. The van der Waals surface area contributed by atoms with Gasteiger partial charge in [0, 0.05) is 29.6 Å². The highest BCUT2D eigenvalue weighted by Crippen LogP contribution is 2.20. The summed E-state index contributed by atoms with van der Waals surface area (Å²) < 4.78 is 31.8. The van der Waals surface area contributed by atoms with Gasteiger partial charge in [0.2, 0.25) is 0 Å². The van der Waals surface area contributed by atoms with E-state index in [1.54, 1.807) is 13.1 Å². The molecule has 2 aromatic carbocycles. The molecule has 23 heavy (non-hydrogen) atoms. The maximum Gasteiger partial charge on any atom is 0.340 e. The number of aromatic amines is 1. The SMILES string of the molecule is C[C@H](Cc1cc(F)cc(F)c1)OC(=O)c1c[nH]c2ccccc12. The number of hydrogen-bond acceptors (Lipinski definition) is 2. The summed E-state index contributed by atoms with van der Waals surface area (Å²) in [7, 11) is 0. The Bertz CT molecular complexity index is 837. The van der Waals surface area contributed by atoms with Gasteiger partial charge in [0.15, 0.2) is 0 Å². The molecule has 118 valence electrons. The fraction of sp³-hybridized carbons (Fsp3) is 0.167. The van der Waals surface area contributed by atoms with Crippen LogP contribution in [0.2, 0.25) is 0 Å². The zero-order valence-corrected chi connectivity index (χ0v) is 12.5. The van der Waals surface area contributed by atoms with E-state index in [0.717, 1.165) is 17.0 Å². The summed E-state index contributed by atoms with van der Waals surface area (Å²) >= 11 is 0. The van der Waals surface area contributed by atoms with Crippen molar-refractivity contribution in [3.8, 4) is 0 Å². The summed E-state index contributed by atoms with van der Waals surface area (Å²) in [5, 5.41) is 0.779. The molecule has 0 saturated carbocycles. The topological polar surface area (TPSA) is 42.1 Å². The number of nitrogens with one attached hydrogen (secondary N) is 1. The summed E-state index contributed by atoms with van der Waals surface area (Å²) in [5.74, 6) is -1.75. The third-order valence-corrected chi connectivity index (χ3v) is 3.56. The van der Waals surface area contributed by atoms with E-state index < -0.39 is 23.7 Å². The Hall–Kier alpha value is -2.69. The van der Waals surface area contributed by atoms with Gasteiger partial charge in [-0.3, -0.25) is 0 Å². The highest BCUT2D eigenvalue weighted by molar-refractivity contribution is 6.04. The van der Waals surface area contributed by atoms with E-state index in [1.165, 1.54) is 12.1 Å². The second-order valence-electron chi connectivity index (χ2n) is 5.45. The number of H-pyrrole nitrogens is 1. The summed E-state index contributed by atoms with van der Waals surface area (Å²) in [6.45, 7) is 1.69. The Kier molecular flexibility index (Phi) is 4.10. The number of hydrogen-bond donors (Lipinski definition) is 1. The molecule has 0 aliphatic heterocycles. The van der Waals surface area contributed by atoms with Crippen molar-refractivity contribution >= 4 is 16.9 Å². The second-order valence-corrected chi connectivity index (χ2v) is 5.45. The van der Waals surface area contributed by atoms with E-state index in [2.05, 4.69) is 4.98 Å². The minimum absolute atomic E-state index is 0.239. The number of rotatable bonds is 4. The molecule has 5 heteroatoms. The number of ether oxygens (including phenoxy) is 1. The van der Waals surface area contributed by atoms with Crippen LogP contribution >= 0.6 is 0 Å². The number of fused-ring (bicyclic) bond motifs is 1. The van der Waals surface area contributed by atoms with Crippen molar-refractivity contribution in [1.29, 1.82) is 0 Å². The molecule has 0 aliphatic carbocycles. The highest BCUT2D eigenvalue weighted by atomic mass is 19.1. The molecule has 1 heterocycles. The van der Waals surface area contributed by atoms with Crippen LogP contribution in [0.1, 0.15) is 22.8 Å². The molecular formula is C18H15F2NO2. The number of esters is 1. The normalized spacial score (nSPS) is 12.3. The van der Waals surface area contributed by atoms with Crippen molar-refractivity contribution in [2.45, 2.75) is 19.4 Å². The minimum Gasteiger partial charge on any atom is -0.459 e. The maximum absolute atomic E-state index is 13.2. The molecular weight excluding hydrogens is 300 g/mol. The molecule has 3 nitrogen and oxygen atoms in total. The Morgan fingerprint density at radius 1 is 1.17 bits per heavy atom. The van der Waals surface area contributed by atoms with E-state index in [4.69, 9.17) is 4.74 Å². The molecule has 1 atom stereocenters. The Balaban J connectivity index is 1.72. The summed E-state index contributed by atoms with van der Waals surface area (Å²) in [6, 6.07) is 10.7. The first-order chi connectivity index (χ1) is 11.0. The average molecular weight is 315 g/mol. The third-order valence-electron chi connectivity index (χ3n) is 3.56. The van der Waals surface area contributed by atoms with Gasteiger partial charge >= 0.3 is 5.97 Å². The lowest BCUT2D eigenvalue weighted by Gasteiger charge is -2.13. The van der Waals surface area contributed by atoms with Crippen LogP contribution in [0, 0.1) is 11.6 Å². The van der Waals surface area contributed by atoms with Gasteiger partial charge in [0.1, 0.15) is 17.7 Å². The Morgan fingerprint density at radius 2 is 1.87 bits per heavy atom. The first-order valence-corrected chi connectivity index (χ1v) is 7.25. The number of halogens is 2. The van der Waals surface area contributed by atoms with Crippen molar-refractivity contribution in [3.63, 3.8) is 0 Å². The van der Waals surface area contributed by atoms with Crippen LogP contribution in [-0.4, -0.2) is 17.1 Å². The fourth-order valence-electron chi connectivity index (χ4n) is 2.59. The Morgan fingerprint density at radius 3 is 2.61 bits per heavy atom. The lowest BCUT2D eigenvalue weighted by Crippen LogP contribution is -2.17. The van der Waals surface area contributed by atoms with Crippen LogP contribution in [0.15, 0.2) is 48.7 Å². The van der Waals surface area contributed by atoms with E-state index in [-0.39, 0.29) is 6.42 Å². The van der Waals surface area contributed by atoms with Crippen molar-refractivity contribution < 1.29 is 18.3 Å². The largest absolute Gasteiger partial charge is 0.459 e. The lowest BCUT2D eigenvalue weighted by molar-refractivity contribution is 0.0345. The second kappa shape index (κ2) is 6.20. The molecule has 1 aromatic heterocycles.